The fraction of sp³-hybridized carbons (Fsp3) is 0.867. The van der Waals surface area contributed by atoms with E-state index in [2.05, 4.69) is 15.9 Å². The van der Waals surface area contributed by atoms with E-state index in [0.29, 0.717) is 6.42 Å². The van der Waals surface area contributed by atoms with Crippen molar-refractivity contribution in [3.63, 3.8) is 0 Å². The fourth-order valence-electron chi connectivity index (χ4n) is 3.38. The summed E-state index contributed by atoms with van der Waals surface area (Å²) in [6.45, 7) is 5.56. The Kier molecular flexibility index (Phi) is 4.57. The molecule has 2 aliphatic rings. The first-order valence-electron chi connectivity index (χ1n) is 7.47. The lowest BCUT2D eigenvalue weighted by atomic mass is 9.90. The zero-order chi connectivity index (χ0) is 15.8. The van der Waals surface area contributed by atoms with Crippen LogP contribution in [-0.4, -0.2) is 46.1 Å². The molecule has 0 radical (unpaired) electrons. The van der Waals surface area contributed by atoms with Crippen LogP contribution >= 0.6 is 15.9 Å². The van der Waals surface area contributed by atoms with Crippen molar-refractivity contribution in [2.24, 2.45) is 0 Å². The molecule has 2 bridgehead atoms. The standard InChI is InChI=1S/C15H24BrNO4/c1-14(2,3)21-13(19)17-10-6-5-9-15(16,12(18)20-4)11(17)8-7-10/h10-11H,5-9H2,1-4H3. The van der Waals surface area contributed by atoms with Gasteiger partial charge in [0.25, 0.3) is 0 Å². The predicted octanol–water partition coefficient (Wildman–Crippen LogP) is 3.25. The second-order valence-corrected chi connectivity index (χ2v) is 8.30. The molecular formula is C15H24BrNO4. The van der Waals surface area contributed by atoms with Crippen molar-refractivity contribution in [1.29, 1.82) is 0 Å². The monoisotopic (exact) mass is 361 g/mol. The molecule has 3 atom stereocenters. The number of methoxy groups -OCH3 is 1. The molecule has 5 nitrogen and oxygen atoms in total. The van der Waals surface area contributed by atoms with Gasteiger partial charge >= 0.3 is 12.1 Å². The normalized spacial score (nSPS) is 32.5. The van der Waals surface area contributed by atoms with Crippen molar-refractivity contribution in [3.05, 3.63) is 0 Å². The number of alkyl halides is 1. The molecule has 1 amide bonds. The Morgan fingerprint density at radius 1 is 1.24 bits per heavy atom. The molecule has 2 heterocycles. The number of carbonyl (C=O) groups excluding carboxylic acids is 2. The first-order chi connectivity index (χ1) is 9.69. The van der Waals surface area contributed by atoms with E-state index >= 15 is 0 Å². The summed E-state index contributed by atoms with van der Waals surface area (Å²) in [6, 6.07) is -0.0405. The highest BCUT2D eigenvalue weighted by molar-refractivity contribution is 9.10. The summed E-state index contributed by atoms with van der Waals surface area (Å²) < 4.78 is 9.68. The van der Waals surface area contributed by atoms with Crippen LogP contribution in [0, 0.1) is 0 Å². The Hall–Kier alpha value is -0.780. The maximum atomic E-state index is 12.6. The smallest absolute Gasteiger partial charge is 0.410 e. The van der Waals surface area contributed by atoms with Gasteiger partial charge in [-0.25, -0.2) is 4.79 Å². The highest BCUT2D eigenvalue weighted by Gasteiger charge is 2.55. The number of ether oxygens (including phenoxy) is 2. The molecule has 21 heavy (non-hydrogen) atoms. The van der Waals surface area contributed by atoms with Crippen LogP contribution in [0.4, 0.5) is 4.79 Å². The molecule has 0 N–H and O–H groups in total. The summed E-state index contributed by atoms with van der Waals surface area (Å²) >= 11 is 3.59. The lowest BCUT2D eigenvalue weighted by Gasteiger charge is -2.37. The van der Waals surface area contributed by atoms with Gasteiger partial charge in [-0.05, 0) is 52.9 Å². The average Bonchev–Trinajstić information content (AvgIpc) is 2.72. The van der Waals surface area contributed by atoms with Gasteiger partial charge in [-0.2, -0.15) is 0 Å². The average molecular weight is 362 g/mol. The lowest BCUT2D eigenvalue weighted by molar-refractivity contribution is -0.145. The van der Waals surface area contributed by atoms with Gasteiger partial charge in [0.15, 0.2) is 0 Å². The first kappa shape index (κ1) is 16.6. The molecule has 0 aliphatic carbocycles. The minimum atomic E-state index is -0.816. The topological polar surface area (TPSA) is 55.8 Å². The molecule has 0 spiro atoms. The minimum absolute atomic E-state index is 0.161. The molecule has 6 heteroatoms. The molecular weight excluding hydrogens is 338 g/mol. The van der Waals surface area contributed by atoms with Crippen LogP contribution in [-0.2, 0) is 14.3 Å². The zero-order valence-corrected chi connectivity index (χ0v) is 14.7. The van der Waals surface area contributed by atoms with E-state index in [9.17, 15) is 9.59 Å². The van der Waals surface area contributed by atoms with Gasteiger partial charge in [0.05, 0.1) is 13.2 Å². The molecule has 0 aromatic rings. The van der Waals surface area contributed by atoms with Gasteiger partial charge in [-0.1, -0.05) is 15.9 Å². The van der Waals surface area contributed by atoms with E-state index in [0.717, 1.165) is 25.7 Å². The van der Waals surface area contributed by atoms with E-state index < -0.39 is 9.93 Å². The second-order valence-electron chi connectivity index (χ2n) is 6.88. The van der Waals surface area contributed by atoms with Gasteiger partial charge in [-0.15, -0.1) is 0 Å². The SMILES string of the molecule is COC(=O)C1(Br)CCCC2CCC1N2C(=O)OC(C)(C)C. The third-order valence-electron chi connectivity index (χ3n) is 4.24. The van der Waals surface area contributed by atoms with Crippen molar-refractivity contribution >= 4 is 28.0 Å². The van der Waals surface area contributed by atoms with Crippen LogP contribution < -0.4 is 0 Å². The summed E-state index contributed by atoms with van der Waals surface area (Å²) in [5.74, 6) is -0.302. The van der Waals surface area contributed by atoms with E-state index in [1.165, 1.54) is 7.11 Å². The van der Waals surface area contributed by atoms with Crippen LogP contribution in [0.5, 0.6) is 0 Å². The Balaban J connectivity index is 2.28. The number of hydrogen-bond donors (Lipinski definition) is 0. The number of amides is 1. The molecule has 2 rings (SSSR count). The van der Waals surface area contributed by atoms with Gasteiger partial charge in [0, 0.05) is 6.04 Å². The van der Waals surface area contributed by atoms with Crippen molar-refractivity contribution in [2.45, 2.75) is 74.9 Å². The molecule has 2 aliphatic heterocycles. The highest BCUT2D eigenvalue weighted by Crippen LogP contribution is 2.45. The Labute approximate surface area is 134 Å². The maximum Gasteiger partial charge on any atom is 0.410 e. The van der Waals surface area contributed by atoms with Crippen LogP contribution in [0.3, 0.4) is 0 Å². The Morgan fingerprint density at radius 2 is 1.90 bits per heavy atom. The van der Waals surface area contributed by atoms with Gasteiger partial charge in [0.2, 0.25) is 0 Å². The summed E-state index contributed by atoms with van der Waals surface area (Å²) in [5, 5.41) is 0. The van der Waals surface area contributed by atoms with Crippen molar-refractivity contribution in [2.75, 3.05) is 7.11 Å². The van der Waals surface area contributed by atoms with E-state index in [4.69, 9.17) is 9.47 Å². The summed E-state index contributed by atoms with van der Waals surface area (Å²) in [7, 11) is 1.39. The zero-order valence-electron chi connectivity index (χ0n) is 13.1. The van der Waals surface area contributed by atoms with E-state index in [1.54, 1.807) is 4.90 Å². The quantitative estimate of drug-likeness (QED) is 0.531. The van der Waals surface area contributed by atoms with Crippen LogP contribution in [0.15, 0.2) is 0 Å². The predicted molar refractivity (Wildman–Crippen MR) is 82.4 cm³/mol. The lowest BCUT2D eigenvalue weighted by Crippen LogP contribution is -2.54. The van der Waals surface area contributed by atoms with Gasteiger partial charge in [0.1, 0.15) is 9.93 Å². The largest absolute Gasteiger partial charge is 0.468 e. The number of nitrogens with zero attached hydrogens (tertiary/aromatic N) is 1. The van der Waals surface area contributed by atoms with Crippen LogP contribution in [0.2, 0.25) is 0 Å². The summed E-state index contributed by atoms with van der Waals surface area (Å²) in [5.41, 5.74) is -0.539. The molecule has 2 fully saturated rings. The fourth-order valence-corrected chi connectivity index (χ4v) is 4.27. The molecule has 2 saturated heterocycles. The van der Waals surface area contributed by atoms with Crippen LogP contribution in [0.1, 0.15) is 52.9 Å². The van der Waals surface area contributed by atoms with Crippen molar-refractivity contribution in [1.82, 2.24) is 4.90 Å². The number of rotatable bonds is 1. The Bertz CT molecular complexity index is 434. The number of hydrogen-bond acceptors (Lipinski definition) is 4. The number of esters is 1. The molecule has 3 unspecified atom stereocenters. The number of carbonyl (C=O) groups is 2. The Morgan fingerprint density at radius 3 is 2.48 bits per heavy atom. The van der Waals surface area contributed by atoms with E-state index in [-0.39, 0.29) is 24.1 Å². The molecule has 120 valence electrons. The van der Waals surface area contributed by atoms with E-state index in [1.807, 2.05) is 20.8 Å². The van der Waals surface area contributed by atoms with Gasteiger partial charge in [-0.3, -0.25) is 4.79 Å². The number of fused-ring (bicyclic) bond motifs is 2. The third kappa shape index (κ3) is 3.20. The van der Waals surface area contributed by atoms with Crippen LogP contribution in [0.25, 0.3) is 0 Å². The number of halogens is 1. The first-order valence-corrected chi connectivity index (χ1v) is 8.27. The van der Waals surface area contributed by atoms with Crippen molar-refractivity contribution in [3.8, 4) is 0 Å². The summed E-state index contributed by atoms with van der Waals surface area (Å²) in [4.78, 5) is 26.6. The molecule has 0 saturated carbocycles. The van der Waals surface area contributed by atoms with Crippen molar-refractivity contribution < 1.29 is 19.1 Å². The third-order valence-corrected chi connectivity index (χ3v) is 5.49. The second kappa shape index (κ2) is 5.78. The highest BCUT2D eigenvalue weighted by atomic mass is 79.9. The maximum absolute atomic E-state index is 12.6. The molecule has 0 aromatic heterocycles. The summed E-state index contributed by atoms with van der Waals surface area (Å²) in [6.07, 6.45) is 3.85. The van der Waals surface area contributed by atoms with Gasteiger partial charge < -0.3 is 14.4 Å². The molecule has 0 aromatic carbocycles. The minimum Gasteiger partial charge on any atom is -0.468 e.